The second-order valence-corrected chi connectivity index (χ2v) is 4.63. The lowest BCUT2D eigenvalue weighted by molar-refractivity contribution is -0.385. The molecule has 0 aliphatic heterocycles. The number of nitro benzene ring substituents is 1. The summed E-state index contributed by atoms with van der Waals surface area (Å²) in [6.07, 6.45) is 0. The second-order valence-electron chi connectivity index (χ2n) is 4.63. The largest absolute Gasteiger partial charge is 0.477 e. The number of benzene rings is 2. The Bertz CT molecular complexity index is 760. The lowest BCUT2D eigenvalue weighted by atomic mass is 10.2. The van der Waals surface area contributed by atoms with Crippen molar-refractivity contribution in [1.82, 2.24) is 0 Å². The van der Waals surface area contributed by atoms with Crippen LogP contribution >= 0.6 is 0 Å². The predicted molar refractivity (Wildman–Crippen MR) is 85.0 cm³/mol. The Hall–Kier alpha value is -3.42. The Morgan fingerprint density at radius 2 is 1.88 bits per heavy atom. The van der Waals surface area contributed by atoms with Crippen LogP contribution in [-0.2, 0) is 9.53 Å². The van der Waals surface area contributed by atoms with Crippen LogP contribution in [0, 0.1) is 10.1 Å². The minimum absolute atomic E-state index is 0.0188. The molecule has 2 aromatic carbocycles. The Labute approximate surface area is 137 Å². The van der Waals surface area contributed by atoms with Crippen LogP contribution in [0.2, 0.25) is 0 Å². The number of anilines is 1. The maximum atomic E-state index is 11.8. The Kier molecular flexibility index (Phi) is 5.45. The number of hydrogen-bond acceptors (Lipinski definition) is 6. The first-order chi connectivity index (χ1) is 11.5. The SMILES string of the molecule is COC(=O)c1ccc(OCC(=O)Nc2ccccc2)c([N+](=O)[O-])c1. The maximum absolute atomic E-state index is 11.8. The molecule has 0 fully saturated rings. The van der Waals surface area contributed by atoms with Crippen LogP contribution in [0.15, 0.2) is 48.5 Å². The minimum atomic E-state index is -0.702. The van der Waals surface area contributed by atoms with Gasteiger partial charge in [0.25, 0.3) is 5.91 Å². The molecule has 0 bridgehead atoms. The summed E-state index contributed by atoms with van der Waals surface area (Å²) >= 11 is 0. The summed E-state index contributed by atoms with van der Waals surface area (Å²) in [5.41, 5.74) is 0.178. The molecule has 0 saturated carbocycles. The Morgan fingerprint density at radius 3 is 2.50 bits per heavy atom. The third-order valence-electron chi connectivity index (χ3n) is 2.99. The van der Waals surface area contributed by atoms with Crippen LogP contribution < -0.4 is 10.1 Å². The van der Waals surface area contributed by atoms with Crippen LogP contribution in [-0.4, -0.2) is 30.5 Å². The molecule has 2 aromatic rings. The average molecular weight is 330 g/mol. The van der Waals surface area contributed by atoms with Gasteiger partial charge in [0.05, 0.1) is 17.6 Å². The number of esters is 1. The highest BCUT2D eigenvalue weighted by Crippen LogP contribution is 2.28. The molecule has 0 heterocycles. The number of rotatable bonds is 6. The van der Waals surface area contributed by atoms with E-state index in [1.165, 1.54) is 19.2 Å². The summed E-state index contributed by atoms with van der Waals surface area (Å²) in [5, 5.41) is 13.7. The van der Waals surface area contributed by atoms with Crippen molar-refractivity contribution >= 4 is 23.3 Å². The van der Waals surface area contributed by atoms with E-state index >= 15 is 0 Å². The summed E-state index contributed by atoms with van der Waals surface area (Å²) in [6, 6.07) is 12.3. The van der Waals surface area contributed by atoms with E-state index in [4.69, 9.17) is 4.74 Å². The van der Waals surface area contributed by atoms with Gasteiger partial charge in [0.15, 0.2) is 12.4 Å². The lowest BCUT2D eigenvalue weighted by Crippen LogP contribution is -2.20. The van der Waals surface area contributed by atoms with Crippen molar-refractivity contribution in [2.45, 2.75) is 0 Å². The molecule has 8 heteroatoms. The highest BCUT2D eigenvalue weighted by molar-refractivity contribution is 5.92. The van der Waals surface area contributed by atoms with Crippen LogP contribution in [0.5, 0.6) is 5.75 Å². The second kappa shape index (κ2) is 7.73. The molecule has 1 N–H and O–H groups in total. The summed E-state index contributed by atoms with van der Waals surface area (Å²) in [4.78, 5) is 33.6. The zero-order chi connectivity index (χ0) is 17.5. The number of ether oxygens (including phenoxy) is 2. The summed E-state index contributed by atoms with van der Waals surface area (Å²) in [7, 11) is 1.17. The normalized spacial score (nSPS) is 9.88. The molecule has 8 nitrogen and oxygen atoms in total. The van der Waals surface area contributed by atoms with E-state index in [-0.39, 0.29) is 11.3 Å². The number of carbonyl (C=O) groups is 2. The number of nitro groups is 1. The molecule has 0 aromatic heterocycles. The number of nitrogens with zero attached hydrogens (tertiary/aromatic N) is 1. The fourth-order valence-corrected chi connectivity index (χ4v) is 1.89. The van der Waals surface area contributed by atoms with Gasteiger partial charge in [-0.3, -0.25) is 14.9 Å². The zero-order valence-corrected chi connectivity index (χ0v) is 12.7. The van der Waals surface area contributed by atoms with Gasteiger partial charge in [-0.1, -0.05) is 18.2 Å². The minimum Gasteiger partial charge on any atom is -0.477 e. The van der Waals surface area contributed by atoms with Crippen molar-refractivity contribution < 1.29 is 24.0 Å². The van der Waals surface area contributed by atoms with Crippen molar-refractivity contribution in [3.8, 4) is 5.75 Å². The molecular formula is C16H14N2O6. The smallest absolute Gasteiger partial charge is 0.338 e. The molecule has 0 aliphatic carbocycles. The first kappa shape index (κ1) is 16.9. The standard InChI is InChI=1S/C16H14N2O6/c1-23-16(20)11-7-8-14(13(9-11)18(21)22)24-10-15(19)17-12-5-3-2-4-6-12/h2-9H,10H2,1H3,(H,17,19). The van der Waals surface area contributed by atoms with Gasteiger partial charge in [-0.25, -0.2) is 4.79 Å². The third kappa shape index (κ3) is 4.29. The lowest BCUT2D eigenvalue weighted by Gasteiger charge is -2.08. The van der Waals surface area contributed by atoms with Gasteiger partial charge in [0, 0.05) is 11.8 Å². The number of hydrogen-bond donors (Lipinski definition) is 1. The van der Waals surface area contributed by atoms with Crippen LogP contribution in [0.3, 0.4) is 0 Å². The van der Waals surface area contributed by atoms with Gasteiger partial charge < -0.3 is 14.8 Å². The van der Waals surface area contributed by atoms with E-state index in [1.807, 2.05) is 0 Å². The van der Waals surface area contributed by atoms with Crippen molar-refractivity contribution in [3.05, 3.63) is 64.2 Å². The van der Waals surface area contributed by atoms with E-state index in [2.05, 4.69) is 10.1 Å². The number of methoxy groups -OCH3 is 1. The van der Waals surface area contributed by atoms with Crippen LogP contribution in [0.1, 0.15) is 10.4 Å². The summed E-state index contributed by atoms with van der Waals surface area (Å²) in [6.45, 7) is -0.409. The van der Waals surface area contributed by atoms with Gasteiger partial charge in [-0.2, -0.15) is 0 Å². The van der Waals surface area contributed by atoms with Crippen LogP contribution in [0.4, 0.5) is 11.4 Å². The molecule has 24 heavy (non-hydrogen) atoms. The van der Waals surface area contributed by atoms with Gasteiger partial charge in [-0.05, 0) is 24.3 Å². The molecule has 0 saturated heterocycles. The highest BCUT2D eigenvalue weighted by atomic mass is 16.6. The summed E-state index contributed by atoms with van der Waals surface area (Å²) in [5.74, 6) is -1.28. The fourth-order valence-electron chi connectivity index (χ4n) is 1.89. The zero-order valence-electron chi connectivity index (χ0n) is 12.7. The van der Waals surface area contributed by atoms with Crippen molar-refractivity contribution in [3.63, 3.8) is 0 Å². The van der Waals surface area contributed by atoms with Gasteiger partial charge in [0.2, 0.25) is 0 Å². The monoisotopic (exact) mass is 330 g/mol. The summed E-state index contributed by atoms with van der Waals surface area (Å²) < 4.78 is 9.70. The van der Waals surface area contributed by atoms with E-state index < -0.39 is 29.1 Å². The molecular weight excluding hydrogens is 316 g/mol. The van der Waals surface area contributed by atoms with E-state index in [0.717, 1.165) is 6.07 Å². The average Bonchev–Trinajstić information content (AvgIpc) is 2.60. The van der Waals surface area contributed by atoms with E-state index in [0.29, 0.717) is 5.69 Å². The molecule has 0 atom stereocenters. The molecule has 2 rings (SSSR count). The molecule has 0 radical (unpaired) electrons. The Balaban J connectivity index is 2.07. The Morgan fingerprint density at radius 1 is 1.17 bits per heavy atom. The highest BCUT2D eigenvalue weighted by Gasteiger charge is 2.20. The number of para-hydroxylation sites is 1. The first-order valence-corrected chi connectivity index (χ1v) is 6.85. The molecule has 0 spiro atoms. The number of carbonyl (C=O) groups excluding carboxylic acids is 2. The number of nitrogens with one attached hydrogen (secondary N) is 1. The molecule has 124 valence electrons. The van der Waals surface area contributed by atoms with Crippen molar-refractivity contribution in [1.29, 1.82) is 0 Å². The van der Waals surface area contributed by atoms with Gasteiger partial charge >= 0.3 is 11.7 Å². The predicted octanol–water partition coefficient (Wildman–Crippen LogP) is 2.40. The molecule has 0 unspecified atom stereocenters. The van der Waals surface area contributed by atoms with E-state index in [1.54, 1.807) is 30.3 Å². The fraction of sp³-hybridized carbons (Fsp3) is 0.125. The first-order valence-electron chi connectivity index (χ1n) is 6.85. The van der Waals surface area contributed by atoms with Crippen molar-refractivity contribution in [2.75, 3.05) is 19.0 Å². The van der Waals surface area contributed by atoms with Gasteiger partial charge in [-0.15, -0.1) is 0 Å². The van der Waals surface area contributed by atoms with Crippen molar-refractivity contribution in [2.24, 2.45) is 0 Å². The topological polar surface area (TPSA) is 108 Å². The number of amides is 1. The molecule has 1 amide bonds. The maximum Gasteiger partial charge on any atom is 0.338 e. The quantitative estimate of drug-likeness (QED) is 0.495. The third-order valence-corrected chi connectivity index (χ3v) is 2.99. The van der Waals surface area contributed by atoms with Crippen LogP contribution in [0.25, 0.3) is 0 Å². The molecule has 0 aliphatic rings. The van der Waals surface area contributed by atoms with E-state index in [9.17, 15) is 19.7 Å². The van der Waals surface area contributed by atoms with Gasteiger partial charge in [0.1, 0.15) is 0 Å².